The van der Waals surface area contributed by atoms with Crippen molar-refractivity contribution in [3.05, 3.63) is 22.7 Å². The average molecular weight is 488 g/mol. The highest BCUT2D eigenvalue weighted by molar-refractivity contribution is 14.0. The summed E-state index contributed by atoms with van der Waals surface area (Å²) in [6.45, 7) is 6.70. The zero-order valence-electron chi connectivity index (χ0n) is 14.6. The molecule has 0 atom stereocenters. The molecule has 0 aromatic heterocycles. The molecular formula is C16H27ClIN3O2S. The summed E-state index contributed by atoms with van der Waals surface area (Å²) in [5, 5.41) is 7.06. The maximum Gasteiger partial charge on any atom is 0.191 e. The van der Waals surface area contributed by atoms with Gasteiger partial charge in [0.25, 0.3) is 0 Å². The molecule has 0 unspecified atom stereocenters. The van der Waals surface area contributed by atoms with E-state index in [-0.39, 0.29) is 24.0 Å². The van der Waals surface area contributed by atoms with E-state index in [9.17, 15) is 0 Å². The van der Waals surface area contributed by atoms with Gasteiger partial charge in [-0.15, -0.1) is 24.0 Å². The Hall–Kier alpha value is -0.540. The van der Waals surface area contributed by atoms with Crippen molar-refractivity contribution in [2.45, 2.75) is 20.4 Å². The highest BCUT2D eigenvalue weighted by atomic mass is 127. The van der Waals surface area contributed by atoms with Gasteiger partial charge < -0.3 is 20.1 Å². The van der Waals surface area contributed by atoms with Gasteiger partial charge in [0.05, 0.1) is 25.3 Å². The van der Waals surface area contributed by atoms with E-state index in [0.717, 1.165) is 30.4 Å². The van der Waals surface area contributed by atoms with Crippen LogP contribution < -0.4 is 20.1 Å². The predicted octanol–water partition coefficient (Wildman–Crippen LogP) is 3.78. The lowest BCUT2D eigenvalue weighted by Gasteiger charge is -2.13. The van der Waals surface area contributed by atoms with Crippen molar-refractivity contribution in [2.75, 3.05) is 38.8 Å². The molecule has 5 nitrogen and oxygen atoms in total. The van der Waals surface area contributed by atoms with Gasteiger partial charge in [-0.2, -0.15) is 11.8 Å². The minimum absolute atomic E-state index is 0. The average Bonchev–Trinajstić information content (AvgIpc) is 2.55. The van der Waals surface area contributed by atoms with Crippen LogP contribution in [-0.2, 0) is 6.54 Å². The van der Waals surface area contributed by atoms with Gasteiger partial charge in [0.1, 0.15) is 0 Å². The summed E-state index contributed by atoms with van der Waals surface area (Å²) in [5.41, 5.74) is 0.970. The van der Waals surface area contributed by atoms with Crippen LogP contribution in [-0.4, -0.2) is 44.8 Å². The molecule has 8 heteroatoms. The van der Waals surface area contributed by atoms with Crippen molar-refractivity contribution in [3.63, 3.8) is 0 Å². The van der Waals surface area contributed by atoms with Crippen LogP contribution >= 0.6 is 47.3 Å². The van der Waals surface area contributed by atoms with Crippen LogP contribution in [0.25, 0.3) is 0 Å². The second kappa shape index (κ2) is 13.7. The molecule has 0 saturated heterocycles. The lowest BCUT2D eigenvalue weighted by Crippen LogP contribution is -2.38. The Bertz CT molecular complexity index is 518. The monoisotopic (exact) mass is 487 g/mol. The number of methoxy groups -OCH3 is 1. The SMILES string of the molecule is CCNC(=NCc1cc(Cl)c(OCC)c(OC)c1)NCCSC.I. The third-order valence-corrected chi connectivity index (χ3v) is 3.83. The fourth-order valence-electron chi connectivity index (χ4n) is 1.93. The van der Waals surface area contributed by atoms with Crippen LogP contribution in [0, 0.1) is 0 Å². The fourth-order valence-corrected chi connectivity index (χ4v) is 2.53. The number of ether oxygens (including phenoxy) is 2. The topological polar surface area (TPSA) is 54.9 Å². The number of hydrogen-bond donors (Lipinski definition) is 2. The van der Waals surface area contributed by atoms with Gasteiger partial charge in [-0.05, 0) is 37.8 Å². The highest BCUT2D eigenvalue weighted by Crippen LogP contribution is 2.36. The van der Waals surface area contributed by atoms with E-state index in [2.05, 4.69) is 21.9 Å². The Labute approximate surface area is 171 Å². The largest absolute Gasteiger partial charge is 0.493 e. The second-order valence-corrected chi connectivity index (χ2v) is 6.05. The van der Waals surface area contributed by atoms with E-state index in [4.69, 9.17) is 21.1 Å². The van der Waals surface area contributed by atoms with Crippen LogP contribution in [0.1, 0.15) is 19.4 Å². The Morgan fingerprint density at radius 2 is 2.04 bits per heavy atom. The standard InChI is InChI=1S/C16H26ClN3O2S.HI/c1-5-18-16(19-7-8-23-4)20-11-12-9-13(17)15(22-6-2)14(10-12)21-3;/h9-10H,5-8,11H2,1-4H3,(H2,18,19,20);1H. The molecule has 2 N–H and O–H groups in total. The second-order valence-electron chi connectivity index (χ2n) is 4.66. The summed E-state index contributed by atoms with van der Waals surface area (Å²) in [7, 11) is 1.61. The summed E-state index contributed by atoms with van der Waals surface area (Å²) in [6.07, 6.45) is 2.08. The van der Waals surface area contributed by atoms with Crippen LogP contribution in [0.15, 0.2) is 17.1 Å². The number of thioether (sulfide) groups is 1. The van der Waals surface area contributed by atoms with Crippen molar-refractivity contribution in [2.24, 2.45) is 4.99 Å². The lowest BCUT2D eigenvalue weighted by molar-refractivity contribution is 0.311. The molecule has 0 aliphatic heterocycles. The predicted molar refractivity (Wildman–Crippen MR) is 116 cm³/mol. The fraction of sp³-hybridized carbons (Fsp3) is 0.562. The normalized spacial score (nSPS) is 10.8. The van der Waals surface area contributed by atoms with Crippen molar-refractivity contribution in [3.8, 4) is 11.5 Å². The zero-order valence-corrected chi connectivity index (χ0v) is 18.6. The molecule has 0 bridgehead atoms. The summed E-state index contributed by atoms with van der Waals surface area (Å²) < 4.78 is 10.9. The van der Waals surface area contributed by atoms with Crippen molar-refractivity contribution < 1.29 is 9.47 Å². The van der Waals surface area contributed by atoms with Crippen LogP contribution in [0.2, 0.25) is 5.02 Å². The number of nitrogens with one attached hydrogen (secondary N) is 2. The number of benzene rings is 1. The molecule has 0 spiro atoms. The molecule has 1 aromatic carbocycles. The minimum Gasteiger partial charge on any atom is -0.493 e. The third-order valence-electron chi connectivity index (χ3n) is 2.94. The first kappa shape index (κ1) is 23.5. The van der Waals surface area contributed by atoms with Gasteiger partial charge in [-0.1, -0.05) is 11.6 Å². The first-order valence-corrected chi connectivity index (χ1v) is 9.43. The lowest BCUT2D eigenvalue weighted by atomic mass is 10.2. The first-order chi connectivity index (χ1) is 11.2. The summed E-state index contributed by atoms with van der Waals surface area (Å²) in [4.78, 5) is 4.58. The molecule has 138 valence electrons. The van der Waals surface area contributed by atoms with Crippen molar-refractivity contribution >= 4 is 53.3 Å². The summed E-state index contributed by atoms with van der Waals surface area (Å²) in [6, 6.07) is 3.77. The minimum atomic E-state index is 0. The Kier molecular flexibility index (Phi) is 13.4. The maximum absolute atomic E-state index is 6.28. The zero-order chi connectivity index (χ0) is 17.1. The summed E-state index contributed by atoms with van der Waals surface area (Å²) in [5.74, 6) is 3.04. The molecule has 0 saturated carbocycles. The number of halogens is 2. The molecular weight excluding hydrogens is 461 g/mol. The molecule has 1 rings (SSSR count). The molecule has 24 heavy (non-hydrogen) atoms. The third kappa shape index (κ3) is 8.02. The van der Waals surface area contributed by atoms with Gasteiger partial charge in [0, 0.05) is 18.8 Å². The maximum atomic E-state index is 6.28. The van der Waals surface area contributed by atoms with Crippen LogP contribution in [0.4, 0.5) is 0 Å². The molecule has 0 amide bonds. The molecule has 0 aliphatic carbocycles. The van der Waals surface area contributed by atoms with Crippen LogP contribution in [0.3, 0.4) is 0 Å². The van der Waals surface area contributed by atoms with E-state index in [1.54, 1.807) is 18.9 Å². The Morgan fingerprint density at radius 3 is 2.62 bits per heavy atom. The quantitative estimate of drug-likeness (QED) is 0.240. The van der Waals surface area contributed by atoms with E-state index in [0.29, 0.717) is 29.7 Å². The van der Waals surface area contributed by atoms with Gasteiger partial charge in [0.15, 0.2) is 17.5 Å². The smallest absolute Gasteiger partial charge is 0.191 e. The van der Waals surface area contributed by atoms with Crippen molar-refractivity contribution in [1.29, 1.82) is 0 Å². The highest BCUT2D eigenvalue weighted by Gasteiger charge is 2.11. The number of hydrogen-bond acceptors (Lipinski definition) is 4. The Balaban J connectivity index is 0.00000529. The Morgan fingerprint density at radius 1 is 1.29 bits per heavy atom. The van der Waals surface area contributed by atoms with E-state index in [1.165, 1.54) is 0 Å². The van der Waals surface area contributed by atoms with Gasteiger partial charge in [-0.25, -0.2) is 4.99 Å². The molecule has 1 aromatic rings. The first-order valence-electron chi connectivity index (χ1n) is 7.66. The molecule has 0 fully saturated rings. The van der Waals surface area contributed by atoms with Gasteiger partial charge in [-0.3, -0.25) is 0 Å². The van der Waals surface area contributed by atoms with Crippen LogP contribution in [0.5, 0.6) is 11.5 Å². The van der Waals surface area contributed by atoms with E-state index < -0.39 is 0 Å². The van der Waals surface area contributed by atoms with Crippen molar-refractivity contribution in [1.82, 2.24) is 10.6 Å². The summed E-state index contributed by atoms with van der Waals surface area (Å²) >= 11 is 8.08. The number of nitrogens with zero attached hydrogens (tertiary/aromatic N) is 1. The number of aliphatic imine (C=N–C) groups is 1. The van der Waals surface area contributed by atoms with Gasteiger partial charge in [0.2, 0.25) is 0 Å². The van der Waals surface area contributed by atoms with E-state index >= 15 is 0 Å². The molecule has 0 aliphatic rings. The number of rotatable bonds is 9. The van der Waals surface area contributed by atoms with Gasteiger partial charge >= 0.3 is 0 Å². The molecule has 0 radical (unpaired) electrons. The molecule has 0 heterocycles. The van der Waals surface area contributed by atoms with E-state index in [1.807, 2.05) is 26.0 Å². The number of guanidine groups is 1.